The van der Waals surface area contributed by atoms with Crippen molar-refractivity contribution >= 4 is 0 Å². The van der Waals surface area contributed by atoms with Crippen molar-refractivity contribution in [3.63, 3.8) is 0 Å². The Kier molecular flexibility index (Phi) is 10.1. The van der Waals surface area contributed by atoms with Crippen molar-refractivity contribution < 1.29 is 0 Å². The Balaban J connectivity index is 3.86. The largest absolute Gasteiger partial charge is 0.246 e. The number of hydrogen-bond acceptors (Lipinski definition) is 6. The zero-order chi connectivity index (χ0) is 11.5. The highest BCUT2D eigenvalue weighted by Gasteiger charge is 2.05. The SMILES string of the molecule is CCCCN(NNNC)NN(CC)CC. The second kappa shape index (κ2) is 10.3. The van der Waals surface area contributed by atoms with E-state index in [-0.39, 0.29) is 0 Å². The van der Waals surface area contributed by atoms with Crippen molar-refractivity contribution in [1.29, 1.82) is 0 Å². The standard InChI is InChI=1S/C9H26N6/c1-5-8-9-15(12-11-10-4)13-14(6-2)7-3/h10-13H,5-9H2,1-4H3. The molecule has 0 aliphatic rings. The smallest absolute Gasteiger partial charge is 0.0315 e. The van der Waals surface area contributed by atoms with Crippen molar-refractivity contribution in [2.75, 3.05) is 26.7 Å². The zero-order valence-corrected chi connectivity index (χ0v) is 10.4. The van der Waals surface area contributed by atoms with Crippen LogP contribution in [0.2, 0.25) is 0 Å². The van der Waals surface area contributed by atoms with Gasteiger partial charge in [-0.15, -0.1) is 0 Å². The van der Waals surface area contributed by atoms with Gasteiger partial charge in [0.1, 0.15) is 0 Å². The minimum absolute atomic E-state index is 0.946. The molecule has 4 N–H and O–H groups in total. The Labute approximate surface area is 93.2 Å². The van der Waals surface area contributed by atoms with Gasteiger partial charge in [0.2, 0.25) is 0 Å². The van der Waals surface area contributed by atoms with Crippen molar-refractivity contribution in [3.05, 3.63) is 0 Å². The molecule has 0 radical (unpaired) electrons. The summed E-state index contributed by atoms with van der Waals surface area (Å²) in [6, 6.07) is 0. The van der Waals surface area contributed by atoms with Crippen LogP contribution in [0.15, 0.2) is 0 Å². The van der Waals surface area contributed by atoms with E-state index in [9.17, 15) is 0 Å². The topological polar surface area (TPSA) is 54.6 Å². The Morgan fingerprint density at radius 2 is 1.73 bits per heavy atom. The van der Waals surface area contributed by atoms with Gasteiger partial charge < -0.3 is 0 Å². The molecule has 92 valence electrons. The van der Waals surface area contributed by atoms with E-state index in [1.807, 2.05) is 12.2 Å². The van der Waals surface area contributed by atoms with Gasteiger partial charge in [-0.3, -0.25) is 0 Å². The Hall–Kier alpha value is -0.240. The summed E-state index contributed by atoms with van der Waals surface area (Å²) in [6.45, 7) is 9.32. The normalized spacial score (nSPS) is 11.6. The van der Waals surface area contributed by atoms with E-state index in [1.54, 1.807) is 0 Å². The molecule has 0 amide bonds. The van der Waals surface area contributed by atoms with Crippen LogP contribution in [-0.4, -0.2) is 36.8 Å². The molecule has 0 saturated carbocycles. The summed E-state index contributed by atoms with van der Waals surface area (Å²) in [7, 11) is 1.82. The van der Waals surface area contributed by atoms with E-state index >= 15 is 0 Å². The predicted octanol–water partition coefficient (Wildman–Crippen LogP) is -0.00650. The summed E-state index contributed by atoms with van der Waals surface area (Å²) < 4.78 is 0. The molecule has 0 aromatic carbocycles. The van der Waals surface area contributed by atoms with Crippen LogP contribution in [0.4, 0.5) is 0 Å². The first-order valence-electron chi connectivity index (χ1n) is 5.74. The number of hydrazine groups is 5. The third-order valence-electron chi connectivity index (χ3n) is 2.08. The third-order valence-corrected chi connectivity index (χ3v) is 2.08. The van der Waals surface area contributed by atoms with Crippen molar-refractivity contribution in [1.82, 2.24) is 32.2 Å². The molecule has 0 spiro atoms. The van der Waals surface area contributed by atoms with E-state index in [2.05, 4.69) is 47.8 Å². The maximum Gasteiger partial charge on any atom is 0.0315 e. The Bertz CT molecular complexity index is 120. The Morgan fingerprint density at radius 1 is 1.07 bits per heavy atom. The van der Waals surface area contributed by atoms with Crippen LogP contribution < -0.4 is 22.0 Å². The van der Waals surface area contributed by atoms with Gasteiger partial charge in [0.25, 0.3) is 0 Å². The fourth-order valence-electron chi connectivity index (χ4n) is 1.11. The van der Waals surface area contributed by atoms with Gasteiger partial charge in [-0.1, -0.05) is 27.2 Å². The van der Waals surface area contributed by atoms with E-state index in [0.29, 0.717) is 0 Å². The first kappa shape index (κ1) is 14.8. The summed E-state index contributed by atoms with van der Waals surface area (Å²) in [5.74, 6) is 0. The molecule has 0 rings (SSSR count). The summed E-state index contributed by atoms with van der Waals surface area (Å²) in [6.07, 6.45) is 2.32. The highest BCUT2D eigenvalue weighted by molar-refractivity contribution is 4.45. The number of unbranched alkanes of at least 4 members (excludes halogenated alkanes) is 1. The molecule has 0 aromatic rings. The van der Waals surface area contributed by atoms with Crippen LogP contribution in [0.25, 0.3) is 0 Å². The lowest BCUT2D eigenvalue weighted by Crippen LogP contribution is -2.61. The fraction of sp³-hybridized carbons (Fsp3) is 1.00. The molecule has 15 heavy (non-hydrogen) atoms. The van der Waals surface area contributed by atoms with Gasteiger partial charge in [-0.2, -0.15) is 21.7 Å². The monoisotopic (exact) mass is 218 g/mol. The fourth-order valence-corrected chi connectivity index (χ4v) is 1.11. The van der Waals surface area contributed by atoms with E-state index in [1.165, 1.54) is 6.42 Å². The highest BCUT2D eigenvalue weighted by atomic mass is 15.9. The highest BCUT2D eigenvalue weighted by Crippen LogP contribution is 1.89. The van der Waals surface area contributed by atoms with Gasteiger partial charge in [0.05, 0.1) is 0 Å². The minimum atomic E-state index is 0.946. The van der Waals surface area contributed by atoms with Crippen LogP contribution in [0.3, 0.4) is 0 Å². The van der Waals surface area contributed by atoms with Gasteiger partial charge in [0, 0.05) is 19.6 Å². The molecular formula is C9H26N6. The van der Waals surface area contributed by atoms with Crippen LogP contribution in [0.1, 0.15) is 33.6 Å². The minimum Gasteiger partial charge on any atom is -0.246 e. The van der Waals surface area contributed by atoms with Crippen LogP contribution >= 0.6 is 0 Å². The summed E-state index contributed by atoms with van der Waals surface area (Å²) in [4.78, 5) is 0. The zero-order valence-electron chi connectivity index (χ0n) is 10.4. The number of nitrogens with one attached hydrogen (secondary N) is 4. The molecule has 6 nitrogen and oxygen atoms in total. The van der Waals surface area contributed by atoms with Gasteiger partial charge in [0.15, 0.2) is 0 Å². The van der Waals surface area contributed by atoms with Crippen molar-refractivity contribution in [3.8, 4) is 0 Å². The van der Waals surface area contributed by atoms with Crippen LogP contribution in [-0.2, 0) is 0 Å². The summed E-state index contributed by atoms with van der Waals surface area (Å²) >= 11 is 0. The molecule has 0 unspecified atom stereocenters. The first-order chi connectivity index (χ1) is 7.28. The lowest BCUT2D eigenvalue weighted by molar-refractivity contribution is -0.0293. The summed E-state index contributed by atoms with van der Waals surface area (Å²) in [5.41, 5.74) is 12.0. The van der Waals surface area contributed by atoms with E-state index in [4.69, 9.17) is 0 Å². The van der Waals surface area contributed by atoms with Crippen molar-refractivity contribution in [2.24, 2.45) is 0 Å². The number of rotatable bonds is 10. The second-order valence-electron chi connectivity index (χ2n) is 3.26. The molecule has 0 heterocycles. The molecule has 0 aliphatic heterocycles. The molecule has 0 aromatic heterocycles. The lowest BCUT2D eigenvalue weighted by Gasteiger charge is -2.30. The molecule has 6 heteroatoms. The molecule has 0 aliphatic carbocycles. The summed E-state index contributed by atoms with van der Waals surface area (Å²) in [5, 5.41) is 4.06. The molecule has 0 fully saturated rings. The average molecular weight is 218 g/mol. The van der Waals surface area contributed by atoms with Gasteiger partial charge in [-0.05, 0) is 13.5 Å². The lowest BCUT2D eigenvalue weighted by atomic mass is 10.3. The molecule has 0 saturated heterocycles. The third kappa shape index (κ3) is 7.66. The molecule has 0 atom stereocenters. The van der Waals surface area contributed by atoms with Crippen LogP contribution in [0.5, 0.6) is 0 Å². The van der Waals surface area contributed by atoms with Crippen LogP contribution in [0, 0.1) is 0 Å². The van der Waals surface area contributed by atoms with E-state index in [0.717, 1.165) is 26.1 Å². The molecular weight excluding hydrogens is 192 g/mol. The average Bonchev–Trinajstić information content (AvgIpc) is 2.28. The second-order valence-corrected chi connectivity index (χ2v) is 3.26. The maximum absolute atomic E-state index is 3.28. The first-order valence-corrected chi connectivity index (χ1v) is 5.74. The quantitative estimate of drug-likeness (QED) is 0.387. The predicted molar refractivity (Wildman–Crippen MR) is 63.0 cm³/mol. The maximum atomic E-state index is 3.28. The van der Waals surface area contributed by atoms with Gasteiger partial charge >= 0.3 is 0 Å². The van der Waals surface area contributed by atoms with Crippen molar-refractivity contribution in [2.45, 2.75) is 33.6 Å². The Morgan fingerprint density at radius 3 is 2.20 bits per heavy atom. The number of hydrogen-bond donors (Lipinski definition) is 4. The molecule has 0 bridgehead atoms. The van der Waals surface area contributed by atoms with Gasteiger partial charge in [-0.25, -0.2) is 10.4 Å². The van der Waals surface area contributed by atoms with E-state index < -0.39 is 0 Å². The number of nitrogens with zero attached hydrogens (tertiary/aromatic N) is 2.